The van der Waals surface area contributed by atoms with Gasteiger partial charge in [0.2, 0.25) is 0 Å². The van der Waals surface area contributed by atoms with E-state index in [9.17, 15) is 0 Å². The van der Waals surface area contributed by atoms with Gasteiger partial charge in [-0.05, 0) is 42.4 Å². The third-order valence-electron chi connectivity index (χ3n) is 3.72. The molecule has 0 aromatic rings. The molecule has 10 heavy (non-hydrogen) atoms. The summed E-state index contributed by atoms with van der Waals surface area (Å²) >= 11 is 0. The average Bonchev–Trinajstić information content (AvgIpc) is 2.46. The predicted octanol–water partition coefficient (Wildman–Crippen LogP) is 2.93. The van der Waals surface area contributed by atoms with Gasteiger partial charge in [-0.25, -0.2) is 0 Å². The van der Waals surface area contributed by atoms with Crippen molar-refractivity contribution in [3.8, 4) is 0 Å². The number of rotatable bonds is 1. The highest BCUT2D eigenvalue weighted by Gasteiger charge is 2.48. The first-order valence-corrected chi connectivity index (χ1v) is 4.70. The highest BCUT2D eigenvalue weighted by Crippen LogP contribution is 2.56. The van der Waals surface area contributed by atoms with Crippen molar-refractivity contribution in [2.45, 2.75) is 33.6 Å². The molecule has 0 saturated heterocycles. The molecular formula is C10H18. The lowest BCUT2D eigenvalue weighted by atomic mass is 9.64. The Morgan fingerprint density at radius 1 is 0.800 bits per heavy atom. The van der Waals surface area contributed by atoms with Crippen LogP contribution >= 0.6 is 0 Å². The van der Waals surface area contributed by atoms with E-state index in [1.807, 2.05) is 0 Å². The van der Waals surface area contributed by atoms with Gasteiger partial charge in [-0.15, -0.1) is 0 Å². The molecule has 0 N–H and O–H groups in total. The van der Waals surface area contributed by atoms with Crippen LogP contribution in [0, 0.1) is 29.6 Å². The summed E-state index contributed by atoms with van der Waals surface area (Å²) in [6.07, 6.45) is 3.02. The molecule has 4 atom stereocenters. The van der Waals surface area contributed by atoms with Crippen molar-refractivity contribution < 1.29 is 0 Å². The molecule has 2 aliphatic rings. The zero-order chi connectivity index (χ0) is 7.30. The monoisotopic (exact) mass is 138 g/mol. The minimum Gasteiger partial charge on any atom is -0.0622 e. The van der Waals surface area contributed by atoms with E-state index in [1.54, 1.807) is 0 Å². The molecule has 0 heterocycles. The van der Waals surface area contributed by atoms with Gasteiger partial charge in [0.05, 0.1) is 0 Å². The Balaban J connectivity index is 1.92. The van der Waals surface area contributed by atoms with Crippen molar-refractivity contribution in [3.05, 3.63) is 0 Å². The second-order valence-electron chi connectivity index (χ2n) is 4.64. The minimum atomic E-state index is 1.05. The van der Waals surface area contributed by atoms with E-state index in [2.05, 4.69) is 20.8 Å². The van der Waals surface area contributed by atoms with Crippen molar-refractivity contribution in [1.82, 2.24) is 0 Å². The fourth-order valence-electron chi connectivity index (χ4n) is 3.00. The maximum absolute atomic E-state index is 2.43. The van der Waals surface area contributed by atoms with Gasteiger partial charge in [-0.3, -0.25) is 0 Å². The molecule has 2 saturated carbocycles. The lowest BCUT2D eigenvalue weighted by Crippen LogP contribution is -2.34. The van der Waals surface area contributed by atoms with E-state index in [1.165, 1.54) is 12.8 Å². The molecule has 0 amide bonds. The fraction of sp³-hybridized carbons (Fsp3) is 1.00. The Kier molecular flexibility index (Phi) is 1.33. The molecule has 0 aromatic heterocycles. The second-order valence-corrected chi connectivity index (χ2v) is 4.64. The lowest BCUT2D eigenvalue weighted by molar-refractivity contribution is 0.0751. The summed E-state index contributed by atoms with van der Waals surface area (Å²) in [6, 6.07) is 0. The van der Waals surface area contributed by atoms with Gasteiger partial charge < -0.3 is 0 Å². The van der Waals surface area contributed by atoms with Crippen molar-refractivity contribution in [2.24, 2.45) is 29.6 Å². The summed E-state index contributed by atoms with van der Waals surface area (Å²) in [4.78, 5) is 0. The maximum Gasteiger partial charge on any atom is -0.0331 e. The average molecular weight is 138 g/mol. The van der Waals surface area contributed by atoms with Gasteiger partial charge in [-0.1, -0.05) is 20.8 Å². The summed E-state index contributed by atoms with van der Waals surface area (Å²) in [5.41, 5.74) is 0. The normalized spacial score (nSPS) is 59.7. The highest BCUT2D eigenvalue weighted by molar-refractivity contribution is 4.97. The fourth-order valence-corrected chi connectivity index (χ4v) is 3.00. The minimum absolute atomic E-state index is 1.05. The molecule has 0 nitrogen and oxygen atoms in total. The smallest absolute Gasteiger partial charge is 0.0331 e. The van der Waals surface area contributed by atoms with Gasteiger partial charge in [0.1, 0.15) is 0 Å². The van der Waals surface area contributed by atoms with E-state index in [4.69, 9.17) is 0 Å². The van der Waals surface area contributed by atoms with Crippen molar-refractivity contribution >= 4 is 0 Å². The molecule has 2 fully saturated rings. The predicted molar refractivity (Wildman–Crippen MR) is 43.7 cm³/mol. The zero-order valence-corrected chi connectivity index (χ0v) is 7.30. The third-order valence-corrected chi connectivity index (χ3v) is 3.72. The van der Waals surface area contributed by atoms with Crippen LogP contribution in [-0.2, 0) is 0 Å². The molecule has 2 aliphatic carbocycles. The van der Waals surface area contributed by atoms with Gasteiger partial charge in [0.25, 0.3) is 0 Å². The maximum atomic E-state index is 2.43. The molecule has 0 heteroatoms. The van der Waals surface area contributed by atoms with Gasteiger partial charge >= 0.3 is 0 Å². The molecule has 0 bridgehead atoms. The van der Waals surface area contributed by atoms with Gasteiger partial charge in [0, 0.05) is 0 Å². The van der Waals surface area contributed by atoms with Gasteiger partial charge in [0.15, 0.2) is 0 Å². The SMILES string of the molecule is CC1CC1C1C(C)CC1C. The standard InChI is InChI=1S/C10H18/c1-6-5-9(6)10-7(2)4-8(10)3/h6-10H,4-5H2,1-3H3. The second kappa shape index (κ2) is 1.99. The Hall–Kier alpha value is 0. The lowest BCUT2D eigenvalue weighted by Gasteiger charge is -2.41. The van der Waals surface area contributed by atoms with E-state index in [-0.39, 0.29) is 0 Å². The van der Waals surface area contributed by atoms with Gasteiger partial charge in [-0.2, -0.15) is 0 Å². The van der Waals surface area contributed by atoms with Crippen LogP contribution in [0.2, 0.25) is 0 Å². The molecule has 0 radical (unpaired) electrons. The quantitative estimate of drug-likeness (QED) is 0.522. The number of hydrogen-bond acceptors (Lipinski definition) is 0. The van der Waals surface area contributed by atoms with Crippen molar-refractivity contribution in [1.29, 1.82) is 0 Å². The van der Waals surface area contributed by atoms with E-state index in [0.717, 1.165) is 29.6 Å². The summed E-state index contributed by atoms with van der Waals surface area (Å²) < 4.78 is 0. The zero-order valence-electron chi connectivity index (χ0n) is 7.30. The number of hydrogen-bond donors (Lipinski definition) is 0. The Morgan fingerprint density at radius 3 is 1.50 bits per heavy atom. The van der Waals surface area contributed by atoms with E-state index in [0.29, 0.717) is 0 Å². The molecule has 0 spiro atoms. The molecule has 2 rings (SSSR count). The first-order valence-electron chi connectivity index (χ1n) is 4.70. The van der Waals surface area contributed by atoms with Crippen LogP contribution in [0.25, 0.3) is 0 Å². The Morgan fingerprint density at radius 2 is 1.30 bits per heavy atom. The highest BCUT2D eigenvalue weighted by atomic mass is 14.5. The molecule has 0 aliphatic heterocycles. The third kappa shape index (κ3) is 0.810. The van der Waals surface area contributed by atoms with Crippen LogP contribution in [0.15, 0.2) is 0 Å². The van der Waals surface area contributed by atoms with Crippen LogP contribution in [-0.4, -0.2) is 0 Å². The topological polar surface area (TPSA) is 0 Å². The van der Waals surface area contributed by atoms with Crippen molar-refractivity contribution in [2.75, 3.05) is 0 Å². The molecular weight excluding hydrogens is 120 g/mol. The van der Waals surface area contributed by atoms with Crippen LogP contribution in [0.3, 0.4) is 0 Å². The summed E-state index contributed by atoms with van der Waals surface area (Å²) in [7, 11) is 0. The van der Waals surface area contributed by atoms with Crippen LogP contribution in [0.1, 0.15) is 33.6 Å². The van der Waals surface area contributed by atoms with Crippen LogP contribution in [0.5, 0.6) is 0 Å². The first-order chi connectivity index (χ1) is 4.70. The van der Waals surface area contributed by atoms with Crippen LogP contribution < -0.4 is 0 Å². The largest absolute Gasteiger partial charge is 0.0622 e. The molecule has 0 aromatic carbocycles. The van der Waals surface area contributed by atoms with Crippen molar-refractivity contribution in [3.63, 3.8) is 0 Å². The molecule has 58 valence electrons. The first kappa shape index (κ1) is 6.69. The van der Waals surface area contributed by atoms with E-state index >= 15 is 0 Å². The summed E-state index contributed by atoms with van der Waals surface area (Å²) in [5, 5.41) is 0. The van der Waals surface area contributed by atoms with Crippen LogP contribution in [0.4, 0.5) is 0 Å². The summed E-state index contributed by atoms with van der Waals surface area (Å²) in [6.45, 7) is 7.26. The van der Waals surface area contributed by atoms with E-state index < -0.39 is 0 Å². The summed E-state index contributed by atoms with van der Waals surface area (Å²) in [5.74, 6) is 5.39. The Labute approximate surface area is 64.0 Å². The molecule has 4 unspecified atom stereocenters. The Bertz CT molecular complexity index is 131.